The number of halogens is 7. The molecule has 6 saturated heterocycles. The smallest absolute Gasteiger partial charge is 0.394 e. The molecule has 3 aromatic carbocycles. The average Bonchev–Trinajstić information content (AvgIpc) is 1.09. The summed E-state index contributed by atoms with van der Waals surface area (Å²) in [5.41, 5.74) is 8.35. The number of likely N-dealkylation sites (tertiary alicyclic amines) is 3. The molecule has 2 saturated carbocycles. The number of piperidine rings is 3. The number of carbonyl (C=O) groups excluding carboxylic acids is 4. The van der Waals surface area contributed by atoms with E-state index in [9.17, 15) is 46.2 Å². The fraction of sp³-hybridized carbons (Fsp3) is 0.575. The van der Waals surface area contributed by atoms with Crippen molar-refractivity contribution in [3.63, 3.8) is 0 Å². The minimum atomic E-state index is -4.77. The van der Waals surface area contributed by atoms with Crippen LogP contribution < -0.4 is 31.1 Å². The minimum Gasteiger partial charge on any atom is -0.394 e. The second-order valence-corrected chi connectivity index (χ2v) is 31.0. The van der Waals surface area contributed by atoms with Crippen LogP contribution in [0.5, 0.6) is 0 Å². The van der Waals surface area contributed by atoms with Gasteiger partial charge in [-0.05, 0) is 170 Å². The van der Waals surface area contributed by atoms with Crippen LogP contribution in [0.15, 0.2) is 85.3 Å². The molecule has 14 rings (SSSR count). The lowest BCUT2D eigenvalue weighted by Gasteiger charge is -2.48. The molecule has 0 bridgehead atoms. The van der Waals surface area contributed by atoms with E-state index in [1.54, 1.807) is 47.6 Å². The molecule has 2 aliphatic carbocycles. The van der Waals surface area contributed by atoms with Gasteiger partial charge in [-0.25, -0.2) is 38.7 Å². The lowest BCUT2D eigenvalue weighted by atomic mass is 9.96. The molecular formula is C80H107Cl2F5N18O5. The van der Waals surface area contributed by atoms with Gasteiger partial charge >= 0.3 is 6.18 Å². The maximum absolute atomic E-state index is 13.7. The summed E-state index contributed by atoms with van der Waals surface area (Å²) >= 11 is 12.0. The number of carbonyl (C=O) groups is 4. The number of alkyl halides is 3. The van der Waals surface area contributed by atoms with Gasteiger partial charge in [0.05, 0.1) is 42.6 Å². The Bertz CT molecular complexity index is 4090. The number of aryl methyl sites for hydroxylation is 2. The van der Waals surface area contributed by atoms with E-state index < -0.39 is 35.1 Å². The van der Waals surface area contributed by atoms with E-state index in [0.717, 1.165) is 194 Å². The number of aliphatic hydroxyl groups is 1. The fourth-order valence-corrected chi connectivity index (χ4v) is 16.8. The number of nitrogens with zero attached hydrogens (tertiary/aromatic N) is 15. The van der Waals surface area contributed by atoms with Crippen molar-refractivity contribution in [1.29, 1.82) is 0 Å². The molecule has 110 heavy (non-hydrogen) atoms. The second kappa shape index (κ2) is 37.7. The van der Waals surface area contributed by atoms with E-state index in [1.807, 2.05) is 49.9 Å². The molecule has 4 atom stereocenters. The standard InChI is InChI=1S/C28H39ClN6O2.C27H36F2N6O.C24H28ClF3N6O2.CH4/c1-3-23-17-34(27-19(2)31-25(16-30-27)28(37)32-22-8-9-22)14-15-35(23)24-10-12-33(13-11-24)26(18-36)20-4-6-21(29)7-5-20;1-3-21-17-34(26-18(2)31-25(15-30-26)27(36)32-20-5-6-20)12-13-35(21)22-8-10-33(11-9-22)16-19-4-7-23(28)24(29)14-19;1-2-17-14-33(22-20(24(26,27)28)31-19(13-30-22)21(29)35)11-12-34(17)18-7-9-32(10-8-18)23(36)15-3-5-16(25)6-4-15;/h4-7,16,22-24,26,36H,3,8-15,17-18H2,1-2H3,(H,32,37);4,7,14-15,20-22H,3,5-6,8-13,16-17H2,1-2H3,(H,32,36);3-6,13,17-18H,2,7-12,14H2,1H3,(H2,29,35);1H4/t23-,26-;21-;17-;/m000./s1. The SMILES string of the molecule is C.CC[C@H]1CN(c2ncc(C(=O)NC3CC3)nc2C)CCN1C1CCN(Cc2ccc(F)c(F)c2)CC1.CC[C@H]1CN(c2ncc(C(=O)NC3CC3)nc2C)CCN1C1CCN([C@@H](CO)c2ccc(Cl)cc2)CC1.CC[C@H]1CN(c2ncc(C(N)=O)nc2C(F)(F)F)CCN1C1CCN(C(=O)c2ccc(Cl)cc2)CC1. The molecule has 30 heteroatoms. The third-order valence-electron chi connectivity index (χ3n) is 22.9. The summed E-state index contributed by atoms with van der Waals surface area (Å²) in [6.45, 7) is 23.1. The third-order valence-corrected chi connectivity index (χ3v) is 23.4. The summed E-state index contributed by atoms with van der Waals surface area (Å²) in [6.07, 6.45) is 12.5. The van der Waals surface area contributed by atoms with Crippen molar-refractivity contribution in [3.05, 3.63) is 158 Å². The summed E-state index contributed by atoms with van der Waals surface area (Å²) in [7, 11) is 0. The van der Waals surface area contributed by atoms with E-state index >= 15 is 0 Å². The van der Waals surface area contributed by atoms with Gasteiger partial charge in [0.1, 0.15) is 28.7 Å². The van der Waals surface area contributed by atoms with Gasteiger partial charge in [0.25, 0.3) is 23.6 Å². The zero-order chi connectivity index (χ0) is 77.2. The van der Waals surface area contributed by atoms with Crippen LogP contribution in [0.1, 0.15) is 188 Å². The molecule has 6 aliphatic heterocycles. The number of hydrogen-bond donors (Lipinski definition) is 4. The lowest BCUT2D eigenvalue weighted by Crippen LogP contribution is -2.59. The Morgan fingerprint density at radius 3 is 1.39 bits per heavy atom. The quantitative estimate of drug-likeness (QED) is 0.0519. The van der Waals surface area contributed by atoms with Crippen LogP contribution in [0.2, 0.25) is 10.0 Å². The molecule has 5 N–H and O–H groups in total. The van der Waals surface area contributed by atoms with Gasteiger partial charge in [0, 0.05) is 156 Å². The number of aliphatic hydroxyl groups excluding tert-OH is 1. The van der Waals surface area contributed by atoms with Crippen LogP contribution in [0.4, 0.5) is 39.4 Å². The predicted octanol–water partition coefficient (Wildman–Crippen LogP) is 11.0. The van der Waals surface area contributed by atoms with Gasteiger partial charge in [0.15, 0.2) is 23.1 Å². The van der Waals surface area contributed by atoms with Crippen molar-refractivity contribution in [2.75, 3.05) is 119 Å². The van der Waals surface area contributed by atoms with E-state index in [1.165, 1.54) is 12.1 Å². The van der Waals surface area contributed by atoms with Gasteiger partial charge < -0.3 is 41.1 Å². The summed E-state index contributed by atoms with van der Waals surface area (Å²) < 4.78 is 67.9. The van der Waals surface area contributed by atoms with Gasteiger partial charge in [-0.1, -0.05) is 69.6 Å². The number of rotatable bonds is 20. The average molecular weight is 1570 g/mol. The highest BCUT2D eigenvalue weighted by atomic mass is 35.5. The molecule has 8 aliphatic rings. The molecule has 0 spiro atoms. The predicted molar refractivity (Wildman–Crippen MR) is 417 cm³/mol. The van der Waals surface area contributed by atoms with E-state index in [-0.39, 0.29) is 55.7 Å². The molecule has 23 nitrogen and oxygen atoms in total. The highest BCUT2D eigenvalue weighted by Gasteiger charge is 2.43. The Morgan fingerprint density at radius 1 is 0.545 bits per heavy atom. The summed E-state index contributed by atoms with van der Waals surface area (Å²) in [5, 5.41) is 17.4. The van der Waals surface area contributed by atoms with Gasteiger partial charge in [-0.2, -0.15) is 13.2 Å². The molecule has 0 unspecified atom stereocenters. The summed E-state index contributed by atoms with van der Waals surface area (Å²) in [5.74, 6) is -1.42. The topological polar surface area (TPSA) is 245 Å². The first-order valence-electron chi connectivity index (χ1n) is 38.8. The number of nitrogens with one attached hydrogen (secondary N) is 2. The number of aromatic nitrogens is 6. The van der Waals surface area contributed by atoms with Crippen molar-refractivity contribution in [1.82, 2.24) is 69.9 Å². The molecule has 596 valence electrons. The minimum absolute atomic E-state index is 0. The Kier molecular flexibility index (Phi) is 28.5. The molecular weight excluding hydrogens is 1460 g/mol. The van der Waals surface area contributed by atoms with Gasteiger partial charge in [0.2, 0.25) is 0 Å². The first kappa shape index (κ1) is 83.1. The van der Waals surface area contributed by atoms with Crippen molar-refractivity contribution in [2.45, 2.75) is 193 Å². The zero-order valence-corrected chi connectivity index (χ0v) is 64.5. The summed E-state index contributed by atoms with van der Waals surface area (Å²) in [6, 6.07) is 21.7. The maximum Gasteiger partial charge on any atom is 0.437 e. The van der Waals surface area contributed by atoms with Crippen LogP contribution in [0.3, 0.4) is 0 Å². The zero-order valence-electron chi connectivity index (χ0n) is 63.0. The Balaban J connectivity index is 0.000000163. The molecule has 3 aromatic heterocycles. The van der Waals surface area contributed by atoms with E-state index in [2.05, 4.69) is 88.7 Å². The normalized spacial score (nSPS) is 21.4. The Morgan fingerprint density at radius 2 is 0.973 bits per heavy atom. The number of hydrogen-bond acceptors (Lipinski definition) is 19. The number of amides is 4. The number of benzene rings is 3. The molecule has 0 radical (unpaired) electrons. The molecule has 4 amide bonds. The van der Waals surface area contributed by atoms with Crippen molar-refractivity contribution < 1.29 is 46.2 Å². The Hall–Kier alpha value is -7.83. The van der Waals surface area contributed by atoms with E-state index in [0.29, 0.717) is 97.5 Å². The van der Waals surface area contributed by atoms with Crippen LogP contribution >= 0.6 is 23.2 Å². The largest absolute Gasteiger partial charge is 0.437 e. The number of nitrogens with two attached hydrogens (primary N) is 1. The first-order chi connectivity index (χ1) is 52.4. The molecule has 8 fully saturated rings. The fourth-order valence-electron chi connectivity index (χ4n) is 16.5. The molecule has 9 heterocycles. The third kappa shape index (κ3) is 20.9. The van der Waals surface area contributed by atoms with Crippen LogP contribution in [0, 0.1) is 25.5 Å². The van der Waals surface area contributed by atoms with Crippen LogP contribution in [-0.2, 0) is 12.7 Å². The monoisotopic (exact) mass is 1560 g/mol. The van der Waals surface area contributed by atoms with Crippen molar-refractivity contribution in [2.24, 2.45) is 5.73 Å². The second-order valence-electron chi connectivity index (χ2n) is 30.2. The van der Waals surface area contributed by atoms with Gasteiger partial charge in [-0.3, -0.25) is 43.7 Å². The molecule has 6 aromatic rings. The lowest BCUT2D eigenvalue weighted by molar-refractivity contribution is -0.141. The van der Waals surface area contributed by atoms with Gasteiger partial charge in [-0.15, -0.1) is 0 Å². The van der Waals surface area contributed by atoms with Crippen LogP contribution in [-0.4, -0.2) is 241 Å². The number of anilines is 3. The van der Waals surface area contributed by atoms with E-state index in [4.69, 9.17) is 28.9 Å². The Labute approximate surface area is 652 Å². The maximum atomic E-state index is 13.7. The van der Waals surface area contributed by atoms with Crippen LogP contribution in [0.25, 0.3) is 0 Å². The van der Waals surface area contributed by atoms with Crippen molar-refractivity contribution >= 4 is 64.3 Å². The summed E-state index contributed by atoms with van der Waals surface area (Å²) in [4.78, 5) is 95.3. The van der Waals surface area contributed by atoms with Crippen molar-refractivity contribution in [3.8, 4) is 0 Å². The number of piperazine rings is 3. The first-order valence-corrected chi connectivity index (χ1v) is 39.6. The highest BCUT2D eigenvalue weighted by Crippen LogP contribution is 2.38. The number of primary amides is 1. The highest BCUT2D eigenvalue weighted by molar-refractivity contribution is 6.31.